The molecule has 2 aromatic rings. The zero-order valence-corrected chi connectivity index (χ0v) is 16.8. The van der Waals surface area contributed by atoms with Crippen LogP contribution in [0, 0.1) is 5.92 Å². The quantitative estimate of drug-likeness (QED) is 0.746. The van der Waals surface area contributed by atoms with Gasteiger partial charge in [-0.25, -0.2) is 0 Å². The Morgan fingerprint density at radius 1 is 1.18 bits per heavy atom. The first kappa shape index (κ1) is 20.2. The number of para-hydroxylation sites is 1. The summed E-state index contributed by atoms with van der Waals surface area (Å²) in [6.45, 7) is 4.35. The number of halogens is 1. The Bertz CT molecular complexity index is 813. The summed E-state index contributed by atoms with van der Waals surface area (Å²) in [4.78, 5) is 25.3. The number of hydrogen-bond donors (Lipinski definition) is 2. The summed E-state index contributed by atoms with van der Waals surface area (Å²) in [5.41, 5.74) is 1.62. The number of nitrogens with one attached hydrogen (secondary N) is 2. The van der Waals surface area contributed by atoms with E-state index in [1.807, 2.05) is 38.1 Å². The van der Waals surface area contributed by atoms with E-state index < -0.39 is 6.04 Å². The van der Waals surface area contributed by atoms with E-state index in [0.717, 1.165) is 24.2 Å². The molecule has 0 aromatic heterocycles. The van der Waals surface area contributed by atoms with Crippen LogP contribution in [0.2, 0.25) is 5.02 Å². The molecule has 28 heavy (non-hydrogen) atoms. The second-order valence-electron chi connectivity index (χ2n) is 7.14. The summed E-state index contributed by atoms with van der Waals surface area (Å²) in [5, 5.41) is 6.36. The van der Waals surface area contributed by atoms with Crippen LogP contribution in [-0.2, 0) is 11.2 Å². The highest BCUT2D eigenvalue weighted by Crippen LogP contribution is 2.27. The van der Waals surface area contributed by atoms with Crippen LogP contribution in [-0.4, -0.2) is 30.5 Å². The van der Waals surface area contributed by atoms with Crippen molar-refractivity contribution in [2.24, 2.45) is 5.92 Å². The number of hydrogen-bond acceptors (Lipinski definition) is 3. The lowest BCUT2D eigenvalue weighted by molar-refractivity contribution is -0.124. The first-order chi connectivity index (χ1) is 13.5. The zero-order valence-electron chi connectivity index (χ0n) is 16.1. The first-order valence-electron chi connectivity index (χ1n) is 9.56. The number of rotatable bonds is 7. The lowest BCUT2D eigenvalue weighted by Gasteiger charge is -2.24. The van der Waals surface area contributed by atoms with Crippen LogP contribution in [0.15, 0.2) is 48.5 Å². The maximum absolute atomic E-state index is 12.8. The van der Waals surface area contributed by atoms with Gasteiger partial charge in [0.25, 0.3) is 5.91 Å². The van der Waals surface area contributed by atoms with Crippen LogP contribution in [0.1, 0.15) is 36.2 Å². The second-order valence-corrected chi connectivity index (χ2v) is 7.58. The number of amides is 2. The molecule has 0 bridgehead atoms. The highest BCUT2D eigenvalue weighted by Gasteiger charge is 2.28. The second kappa shape index (κ2) is 9.11. The van der Waals surface area contributed by atoms with Gasteiger partial charge in [-0.3, -0.25) is 9.59 Å². The first-order valence-corrected chi connectivity index (χ1v) is 9.94. The Morgan fingerprint density at radius 2 is 1.89 bits per heavy atom. The molecule has 0 spiro atoms. The van der Waals surface area contributed by atoms with Crippen LogP contribution in [0.4, 0.5) is 0 Å². The van der Waals surface area contributed by atoms with E-state index in [1.54, 1.807) is 24.3 Å². The maximum Gasteiger partial charge on any atom is 0.251 e. The SMILES string of the molecule is CCC(C)C(NC(=O)c1ccc(Cl)cc1)C(=O)NCC1Cc2ccccc2O1. The van der Waals surface area contributed by atoms with E-state index in [4.69, 9.17) is 16.3 Å². The van der Waals surface area contributed by atoms with Gasteiger partial charge < -0.3 is 15.4 Å². The molecule has 0 saturated heterocycles. The monoisotopic (exact) mass is 400 g/mol. The fourth-order valence-electron chi connectivity index (χ4n) is 3.22. The van der Waals surface area contributed by atoms with E-state index in [2.05, 4.69) is 10.6 Å². The average Bonchev–Trinajstić information content (AvgIpc) is 3.13. The number of fused-ring (bicyclic) bond motifs is 1. The minimum Gasteiger partial charge on any atom is -0.488 e. The summed E-state index contributed by atoms with van der Waals surface area (Å²) < 4.78 is 5.87. The summed E-state index contributed by atoms with van der Waals surface area (Å²) in [7, 11) is 0. The van der Waals surface area contributed by atoms with Gasteiger partial charge in [-0.05, 0) is 41.8 Å². The Hall–Kier alpha value is -2.53. The van der Waals surface area contributed by atoms with Gasteiger partial charge in [-0.15, -0.1) is 0 Å². The van der Waals surface area contributed by atoms with Gasteiger partial charge in [-0.2, -0.15) is 0 Å². The molecule has 1 aliphatic heterocycles. The van der Waals surface area contributed by atoms with Crippen molar-refractivity contribution < 1.29 is 14.3 Å². The number of ether oxygens (including phenoxy) is 1. The van der Waals surface area contributed by atoms with Gasteiger partial charge in [-0.1, -0.05) is 50.1 Å². The predicted octanol–water partition coefficient (Wildman–Crippen LogP) is 3.60. The summed E-state index contributed by atoms with van der Waals surface area (Å²) in [6.07, 6.45) is 1.44. The Kier molecular flexibility index (Phi) is 6.57. The molecular formula is C22H25ClN2O3. The van der Waals surface area contributed by atoms with Crippen molar-refractivity contribution in [2.45, 2.75) is 38.8 Å². The van der Waals surface area contributed by atoms with E-state index in [-0.39, 0.29) is 23.8 Å². The van der Waals surface area contributed by atoms with Crippen molar-refractivity contribution in [1.82, 2.24) is 10.6 Å². The standard InChI is InChI=1S/C22H25ClN2O3/c1-3-14(2)20(25-21(26)15-8-10-17(23)11-9-15)22(27)24-13-18-12-16-6-4-5-7-19(16)28-18/h4-11,14,18,20H,3,12-13H2,1-2H3,(H,24,27)(H,25,26). The molecule has 3 unspecified atom stereocenters. The van der Waals surface area contributed by atoms with Crippen LogP contribution in [0.25, 0.3) is 0 Å². The van der Waals surface area contributed by atoms with Gasteiger partial charge in [0, 0.05) is 17.0 Å². The Balaban J connectivity index is 1.59. The minimum atomic E-state index is -0.614. The van der Waals surface area contributed by atoms with Crippen molar-refractivity contribution in [3.05, 3.63) is 64.7 Å². The fraction of sp³-hybridized carbons (Fsp3) is 0.364. The molecular weight excluding hydrogens is 376 g/mol. The highest BCUT2D eigenvalue weighted by atomic mass is 35.5. The molecule has 0 aliphatic carbocycles. The van der Waals surface area contributed by atoms with Crippen LogP contribution >= 0.6 is 11.6 Å². The normalized spacial score (nSPS) is 17.2. The summed E-state index contributed by atoms with van der Waals surface area (Å²) in [6, 6.07) is 13.9. The molecule has 6 heteroatoms. The van der Waals surface area contributed by atoms with Crippen molar-refractivity contribution in [2.75, 3.05) is 6.54 Å². The molecule has 1 heterocycles. The third kappa shape index (κ3) is 4.84. The van der Waals surface area contributed by atoms with Gasteiger partial charge >= 0.3 is 0 Å². The van der Waals surface area contributed by atoms with Crippen LogP contribution in [0.5, 0.6) is 5.75 Å². The predicted molar refractivity (Wildman–Crippen MR) is 110 cm³/mol. The number of carbonyl (C=O) groups is 2. The molecule has 1 aliphatic rings. The zero-order chi connectivity index (χ0) is 20.1. The molecule has 0 fully saturated rings. The molecule has 2 N–H and O–H groups in total. The van der Waals surface area contributed by atoms with Crippen LogP contribution < -0.4 is 15.4 Å². The molecule has 0 radical (unpaired) electrons. The lowest BCUT2D eigenvalue weighted by atomic mass is 9.97. The van der Waals surface area contributed by atoms with Crippen molar-refractivity contribution in [3.63, 3.8) is 0 Å². The van der Waals surface area contributed by atoms with Crippen molar-refractivity contribution in [3.8, 4) is 5.75 Å². The molecule has 2 amide bonds. The Morgan fingerprint density at radius 3 is 2.57 bits per heavy atom. The average molecular weight is 401 g/mol. The molecule has 5 nitrogen and oxygen atoms in total. The number of benzene rings is 2. The van der Waals surface area contributed by atoms with Crippen molar-refractivity contribution >= 4 is 23.4 Å². The largest absolute Gasteiger partial charge is 0.488 e. The maximum atomic E-state index is 12.8. The van der Waals surface area contributed by atoms with Crippen molar-refractivity contribution in [1.29, 1.82) is 0 Å². The minimum absolute atomic E-state index is 0.00190. The summed E-state index contributed by atoms with van der Waals surface area (Å²) in [5.74, 6) is 0.382. The topological polar surface area (TPSA) is 67.4 Å². The molecule has 0 saturated carbocycles. The third-order valence-electron chi connectivity index (χ3n) is 5.11. The summed E-state index contributed by atoms with van der Waals surface area (Å²) >= 11 is 5.87. The van der Waals surface area contributed by atoms with Gasteiger partial charge in [0.2, 0.25) is 5.91 Å². The molecule has 148 valence electrons. The lowest BCUT2D eigenvalue weighted by Crippen LogP contribution is -2.51. The van der Waals surface area contributed by atoms with Gasteiger partial charge in [0.15, 0.2) is 0 Å². The molecule has 3 atom stereocenters. The van der Waals surface area contributed by atoms with Gasteiger partial charge in [0.1, 0.15) is 17.9 Å². The van der Waals surface area contributed by atoms with Gasteiger partial charge in [0.05, 0.1) is 6.54 Å². The van der Waals surface area contributed by atoms with Crippen LogP contribution in [0.3, 0.4) is 0 Å². The smallest absolute Gasteiger partial charge is 0.251 e. The van der Waals surface area contributed by atoms with E-state index >= 15 is 0 Å². The molecule has 2 aromatic carbocycles. The number of carbonyl (C=O) groups excluding carboxylic acids is 2. The fourth-order valence-corrected chi connectivity index (χ4v) is 3.35. The molecule has 3 rings (SSSR count). The van der Waals surface area contributed by atoms with E-state index in [1.165, 1.54) is 0 Å². The Labute approximate surface area is 170 Å². The highest BCUT2D eigenvalue weighted by molar-refractivity contribution is 6.30. The van der Waals surface area contributed by atoms with E-state index in [9.17, 15) is 9.59 Å². The van der Waals surface area contributed by atoms with E-state index in [0.29, 0.717) is 17.1 Å². The third-order valence-corrected chi connectivity index (χ3v) is 5.36.